The van der Waals surface area contributed by atoms with Crippen LogP contribution in [0.5, 0.6) is 5.75 Å². The summed E-state index contributed by atoms with van der Waals surface area (Å²) in [6.07, 6.45) is 1.95. The number of nitro groups is 1. The molecular formula is C28H23N3O8S. The molecule has 3 heterocycles. The van der Waals surface area contributed by atoms with E-state index in [1.165, 1.54) is 30.3 Å². The van der Waals surface area contributed by atoms with Crippen molar-refractivity contribution in [1.29, 1.82) is 0 Å². The molecule has 0 saturated carbocycles. The lowest BCUT2D eigenvalue weighted by atomic mass is 9.94. The number of esters is 1. The Bertz CT molecular complexity index is 1630. The summed E-state index contributed by atoms with van der Waals surface area (Å²) < 4.78 is 10.8. The summed E-state index contributed by atoms with van der Waals surface area (Å²) in [7, 11) is 0. The number of fused-ring (bicyclic) bond motifs is 1. The number of aliphatic hydroxyl groups is 1. The van der Waals surface area contributed by atoms with Crippen molar-refractivity contribution < 1.29 is 33.9 Å². The number of anilines is 1. The summed E-state index contributed by atoms with van der Waals surface area (Å²) >= 11 is 0.834. The zero-order valence-electron chi connectivity index (χ0n) is 21.4. The molecule has 0 radical (unpaired) electrons. The highest BCUT2D eigenvalue weighted by atomic mass is 32.1. The largest absolute Gasteiger partial charge is 0.507 e. The number of benzene rings is 2. The Morgan fingerprint density at radius 1 is 1.32 bits per heavy atom. The van der Waals surface area contributed by atoms with E-state index in [1.54, 1.807) is 25.1 Å². The predicted molar refractivity (Wildman–Crippen MR) is 145 cm³/mol. The molecule has 11 nitrogen and oxygen atoms in total. The first kappa shape index (κ1) is 26.8. The van der Waals surface area contributed by atoms with Gasteiger partial charge in [-0.2, -0.15) is 0 Å². The predicted octanol–water partition coefficient (Wildman–Crippen LogP) is 4.65. The molecular weight excluding hydrogens is 538 g/mol. The fourth-order valence-corrected chi connectivity index (χ4v) is 5.74. The molecule has 1 fully saturated rings. The third-order valence-corrected chi connectivity index (χ3v) is 7.66. The first-order chi connectivity index (χ1) is 19.1. The van der Waals surface area contributed by atoms with Crippen molar-refractivity contribution in [2.24, 2.45) is 0 Å². The number of Topliss-reactive ketones (excluding diaryl/α,β-unsaturated/α-hetero) is 1. The molecule has 12 heteroatoms. The summed E-state index contributed by atoms with van der Waals surface area (Å²) in [5.74, 6) is -2.47. The lowest BCUT2D eigenvalue weighted by molar-refractivity contribution is -0.384. The highest BCUT2D eigenvalue weighted by molar-refractivity contribution is 7.17. The van der Waals surface area contributed by atoms with Crippen LogP contribution in [0.3, 0.4) is 0 Å². The van der Waals surface area contributed by atoms with Crippen molar-refractivity contribution in [2.45, 2.75) is 32.4 Å². The number of nitrogens with zero attached hydrogens (tertiary/aromatic N) is 3. The second-order valence-electron chi connectivity index (χ2n) is 9.27. The van der Waals surface area contributed by atoms with Gasteiger partial charge in [0.05, 0.1) is 22.2 Å². The molecule has 40 heavy (non-hydrogen) atoms. The molecule has 1 saturated heterocycles. The third-order valence-electron chi connectivity index (χ3n) is 6.52. The minimum atomic E-state index is -1.26. The molecule has 204 valence electrons. The second kappa shape index (κ2) is 10.4. The number of hydrogen-bond donors (Lipinski definition) is 1. The fraction of sp³-hybridized carbons (Fsp3) is 0.214. The van der Waals surface area contributed by atoms with Gasteiger partial charge < -0.3 is 14.6 Å². The van der Waals surface area contributed by atoms with Crippen LogP contribution in [0.2, 0.25) is 0 Å². The molecule has 2 aromatic carbocycles. The van der Waals surface area contributed by atoms with Crippen LogP contribution in [0, 0.1) is 17.0 Å². The fourth-order valence-electron chi connectivity index (χ4n) is 4.75. The molecule has 0 bridgehead atoms. The normalized spacial score (nSPS) is 19.3. The first-order valence-electron chi connectivity index (χ1n) is 12.2. The first-order valence-corrected chi connectivity index (χ1v) is 13.0. The van der Waals surface area contributed by atoms with Crippen molar-refractivity contribution in [3.8, 4) is 5.75 Å². The van der Waals surface area contributed by atoms with Crippen LogP contribution in [0.15, 0.2) is 60.7 Å². The maximum absolute atomic E-state index is 13.5. The number of hydrogen-bond acceptors (Lipinski definition) is 10. The zero-order chi connectivity index (χ0) is 28.7. The van der Waals surface area contributed by atoms with Crippen LogP contribution in [0.1, 0.15) is 45.0 Å². The topological polar surface area (TPSA) is 149 Å². The molecule has 1 amide bonds. The SMILES string of the molecule is C=CCOC(=O)c1sc(N2C(=O)C(=O)/C(=C(/O)c3ccc4c(c3)CC(C)O4)C2c2cccc([N+](=O)[O-])c2)nc1C. The lowest BCUT2D eigenvalue weighted by Crippen LogP contribution is -2.29. The Labute approximate surface area is 232 Å². The Morgan fingerprint density at radius 2 is 2.10 bits per heavy atom. The van der Waals surface area contributed by atoms with Gasteiger partial charge in [-0.15, -0.1) is 0 Å². The lowest BCUT2D eigenvalue weighted by Gasteiger charge is -2.23. The molecule has 1 aromatic heterocycles. The third kappa shape index (κ3) is 4.62. The molecule has 0 spiro atoms. The van der Waals surface area contributed by atoms with Crippen LogP contribution in [0.4, 0.5) is 10.8 Å². The van der Waals surface area contributed by atoms with E-state index in [0.717, 1.165) is 21.8 Å². The van der Waals surface area contributed by atoms with Crippen LogP contribution in [0.25, 0.3) is 5.76 Å². The van der Waals surface area contributed by atoms with E-state index < -0.39 is 34.4 Å². The highest BCUT2D eigenvalue weighted by Gasteiger charge is 2.49. The number of ketones is 1. The van der Waals surface area contributed by atoms with Crippen molar-refractivity contribution >= 4 is 45.6 Å². The summed E-state index contributed by atoms with van der Waals surface area (Å²) in [5, 5.41) is 23.0. The molecule has 2 unspecified atom stereocenters. The van der Waals surface area contributed by atoms with Gasteiger partial charge in [0.1, 0.15) is 29.1 Å². The smallest absolute Gasteiger partial charge is 0.350 e. The zero-order valence-corrected chi connectivity index (χ0v) is 22.3. The highest BCUT2D eigenvalue weighted by Crippen LogP contribution is 2.45. The van der Waals surface area contributed by atoms with Crippen LogP contribution >= 0.6 is 11.3 Å². The Balaban J connectivity index is 1.67. The second-order valence-corrected chi connectivity index (χ2v) is 10.3. The molecule has 2 aliphatic rings. The quantitative estimate of drug-likeness (QED) is 0.0827. The number of aryl methyl sites for hydroxylation is 1. The number of aliphatic hydroxyl groups excluding tert-OH is 1. The summed E-state index contributed by atoms with van der Waals surface area (Å²) in [6.45, 7) is 6.93. The van der Waals surface area contributed by atoms with E-state index >= 15 is 0 Å². The van der Waals surface area contributed by atoms with E-state index in [1.807, 2.05) is 6.92 Å². The Morgan fingerprint density at radius 3 is 2.83 bits per heavy atom. The summed E-state index contributed by atoms with van der Waals surface area (Å²) in [5.41, 5.74) is 1.06. The summed E-state index contributed by atoms with van der Waals surface area (Å²) in [4.78, 5) is 55.9. The number of nitro benzene ring substituents is 1. The van der Waals surface area contributed by atoms with Gasteiger partial charge in [-0.25, -0.2) is 9.78 Å². The van der Waals surface area contributed by atoms with E-state index in [-0.39, 0.29) is 50.8 Å². The van der Waals surface area contributed by atoms with Gasteiger partial charge in [-0.05, 0) is 43.2 Å². The minimum absolute atomic E-state index is 0.00288. The molecule has 2 atom stereocenters. The number of ether oxygens (including phenoxy) is 2. The van der Waals surface area contributed by atoms with Gasteiger partial charge >= 0.3 is 11.9 Å². The van der Waals surface area contributed by atoms with Crippen molar-refractivity contribution in [2.75, 3.05) is 11.5 Å². The number of rotatable bonds is 7. The van der Waals surface area contributed by atoms with Gasteiger partial charge in [-0.3, -0.25) is 24.6 Å². The minimum Gasteiger partial charge on any atom is -0.507 e. The molecule has 5 rings (SSSR count). The van der Waals surface area contributed by atoms with Gasteiger partial charge in [0, 0.05) is 24.1 Å². The van der Waals surface area contributed by atoms with E-state index in [2.05, 4.69) is 11.6 Å². The van der Waals surface area contributed by atoms with Crippen LogP contribution < -0.4 is 9.64 Å². The van der Waals surface area contributed by atoms with Gasteiger partial charge in [0.25, 0.3) is 11.5 Å². The number of aromatic nitrogens is 1. The number of amides is 1. The molecule has 0 aliphatic carbocycles. The number of non-ortho nitro benzene ring substituents is 1. The Hall–Kier alpha value is -4.84. The summed E-state index contributed by atoms with van der Waals surface area (Å²) in [6, 6.07) is 9.13. The van der Waals surface area contributed by atoms with Crippen LogP contribution in [-0.2, 0) is 20.7 Å². The van der Waals surface area contributed by atoms with Crippen molar-refractivity contribution in [3.05, 3.63) is 98.1 Å². The van der Waals surface area contributed by atoms with Crippen molar-refractivity contribution in [3.63, 3.8) is 0 Å². The van der Waals surface area contributed by atoms with Crippen molar-refractivity contribution in [1.82, 2.24) is 4.98 Å². The average Bonchev–Trinajstić information content (AvgIpc) is 3.58. The molecule has 2 aliphatic heterocycles. The van der Waals surface area contributed by atoms with E-state index in [0.29, 0.717) is 12.2 Å². The number of thiazole rings is 1. The average molecular weight is 562 g/mol. The van der Waals surface area contributed by atoms with E-state index in [4.69, 9.17) is 9.47 Å². The maximum Gasteiger partial charge on any atom is 0.350 e. The number of carbonyl (C=O) groups is 3. The molecule has 3 aromatic rings. The Kier molecular flexibility index (Phi) is 6.94. The maximum atomic E-state index is 13.5. The standard InChI is InChI=1S/C28H23N3O8S/c1-4-10-38-27(35)25-15(3)29-28(40-25)30-22(16-6-5-7-19(13-16)31(36)37)21(24(33)26(30)34)23(32)17-8-9-20-18(12-17)11-14(2)39-20/h4-9,12-14,22,32H,1,10-11H2,2-3H3/b23-21+. The van der Waals surface area contributed by atoms with Gasteiger partial charge in [0.15, 0.2) is 5.13 Å². The van der Waals surface area contributed by atoms with Crippen LogP contribution in [-0.4, -0.2) is 45.4 Å². The monoisotopic (exact) mass is 561 g/mol. The van der Waals surface area contributed by atoms with Gasteiger partial charge in [0.2, 0.25) is 0 Å². The van der Waals surface area contributed by atoms with Gasteiger partial charge in [-0.1, -0.05) is 36.1 Å². The van der Waals surface area contributed by atoms with E-state index in [9.17, 15) is 29.6 Å². The molecule has 1 N–H and O–H groups in total. The number of carbonyl (C=O) groups excluding carboxylic acids is 3.